The first kappa shape index (κ1) is 14.4. The van der Waals surface area contributed by atoms with Gasteiger partial charge in [0.15, 0.2) is 0 Å². The normalized spacial score (nSPS) is 13.4. The summed E-state index contributed by atoms with van der Waals surface area (Å²) in [5.74, 6) is 1.13. The zero-order valence-electron chi connectivity index (χ0n) is 11.4. The molecule has 1 rings (SSSR count). The van der Waals surface area contributed by atoms with E-state index >= 15 is 0 Å². The van der Waals surface area contributed by atoms with E-state index in [1.807, 2.05) is 0 Å². The van der Waals surface area contributed by atoms with Gasteiger partial charge in [0.05, 0.1) is 12.6 Å². The Morgan fingerprint density at radius 1 is 1.24 bits per heavy atom. The van der Waals surface area contributed by atoms with Crippen LogP contribution in [0.3, 0.4) is 0 Å². The van der Waals surface area contributed by atoms with E-state index in [1.54, 1.807) is 18.4 Å². The molecule has 1 aromatic rings. The van der Waals surface area contributed by atoms with Gasteiger partial charge in [0, 0.05) is 13.5 Å². The van der Waals surface area contributed by atoms with Crippen LogP contribution in [0.15, 0.2) is 0 Å². The van der Waals surface area contributed by atoms with Crippen LogP contribution < -0.4 is 5.32 Å². The second-order valence-electron chi connectivity index (χ2n) is 5.05. The van der Waals surface area contributed by atoms with Gasteiger partial charge in [0.1, 0.15) is 5.01 Å². The Bertz CT molecular complexity index is 325. The van der Waals surface area contributed by atoms with Crippen LogP contribution in [0.25, 0.3) is 0 Å². The van der Waals surface area contributed by atoms with Crippen LogP contribution in [0.1, 0.15) is 32.7 Å². The van der Waals surface area contributed by atoms with E-state index in [0.717, 1.165) is 16.6 Å². The highest BCUT2D eigenvalue weighted by Crippen LogP contribution is 2.20. The molecule has 1 N–H and O–H groups in total. The summed E-state index contributed by atoms with van der Waals surface area (Å²) in [7, 11) is 1.72. The highest BCUT2D eigenvalue weighted by atomic mass is 32.1. The topological polar surface area (TPSA) is 47.0 Å². The summed E-state index contributed by atoms with van der Waals surface area (Å²) in [5.41, 5.74) is 0. The lowest BCUT2D eigenvalue weighted by Gasteiger charge is -2.20. The zero-order valence-corrected chi connectivity index (χ0v) is 12.2. The summed E-state index contributed by atoms with van der Waals surface area (Å²) in [6.07, 6.45) is 0.996. The van der Waals surface area contributed by atoms with Gasteiger partial charge in [-0.3, -0.25) is 0 Å². The molecule has 0 aliphatic rings. The lowest BCUT2D eigenvalue weighted by atomic mass is 10.1. The molecule has 1 heterocycles. The van der Waals surface area contributed by atoms with Gasteiger partial charge in [0.25, 0.3) is 0 Å². The number of aromatic nitrogens is 2. The van der Waals surface area contributed by atoms with Crippen LogP contribution in [0.5, 0.6) is 0 Å². The van der Waals surface area contributed by atoms with E-state index in [4.69, 9.17) is 4.74 Å². The van der Waals surface area contributed by atoms with Crippen molar-refractivity contribution in [3.63, 3.8) is 0 Å². The van der Waals surface area contributed by atoms with Gasteiger partial charge in [-0.1, -0.05) is 39.0 Å². The molecular weight excluding hydrogens is 234 g/mol. The molecule has 1 unspecified atom stereocenters. The molecule has 98 valence electrons. The van der Waals surface area contributed by atoms with Gasteiger partial charge in [-0.25, -0.2) is 0 Å². The Morgan fingerprint density at radius 3 is 2.47 bits per heavy atom. The first-order valence-electron chi connectivity index (χ1n) is 6.10. The summed E-state index contributed by atoms with van der Waals surface area (Å²) in [5, 5.41) is 13.8. The monoisotopic (exact) mass is 257 g/mol. The van der Waals surface area contributed by atoms with Gasteiger partial charge in [-0.2, -0.15) is 0 Å². The van der Waals surface area contributed by atoms with Crippen LogP contribution in [0.4, 0.5) is 5.13 Å². The minimum absolute atomic E-state index is 0.292. The third-order valence-corrected chi connectivity index (χ3v) is 3.39. The number of hydrogen-bond acceptors (Lipinski definition) is 5. The molecule has 0 aliphatic carbocycles. The number of nitrogens with zero attached hydrogens (tertiary/aromatic N) is 2. The Kier molecular flexibility index (Phi) is 5.85. The third kappa shape index (κ3) is 5.00. The third-order valence-electron chi connectivity index (χ3n) is 2.51. The van der Waals surface area contributed by atoms with Gasteiger partial charge >= 0.3 is 0 Å². The van der Waals surface area contributed by atoms with Crippen LogP contribution in [0, 0.1) is 11.8 Å². The Labute approximate surface area is 108 Å². The molecule has 0 saturated heterocycles. The standard InChI is InChI=1S/C12H23N3OS/c1-8(2)6-11-14-15-12(17-11)13-10(7-16-5)9(3)4/h8-10H,6-7H2,1-5H3,(H,13,15). The van der Waals surface area contributed by atoms with Gasteiger partial charge in [-0.05, 0) is 11.8 Å². The summed E-state index contributed by atoms with van der Waals surface area (Å²) >= 11 is 1.64. The van der Waals surface area contributed by atoms with Crippen molar-refractivity contribution in [1.82, 2.24) is 10.2 Å². The van der Waals surface area contributed by atoms with Crippen molar-refractivity contribution in [2.45, 2.75) is 40.2 Å². The molecule has 0 aliphatic heterocycles. The number of nitrogens with one attached hydrogen (secondary N) is 1. The van der Waals surface area contributed by atoms with E-state index < -0.39 is 0 Å². The highest BCUT2D eigenvalue weighted by Gasteiger charge is 2.15. The molecule has 17 heavy (non-hydrogen) atoms. The molecule has 0 bridgehead atoms. The number of ether oxygens (including phenoxy) is 1. The predicted molar refractivity (Wildman–Crippen MR) is 72.6 cm³/mol. The molecule has 1 aromatic heterocycles. The fourth-order valence-corrected chi connectivity index (χ4v) is 2.50. The Morgan fingerprint density at radius 2 is 1.94 bits per heavy atom. The fraction of sp³-hybridized carbons (Fsp3) is 0.833. The van der Waals surface area contributed by atoms with Crippen molar-refractivity contribution in [3.8, 4) is 0 Å². The van der Waals surface area contributed by atoms with Crippen molar-refractivity contribution in [3.05, 3.63) is 5.01 Å². The molecule has 0 saturated carbocycles. The molecular formula is C12H23N3OS. The molecule has 0 amide bonds. The Hall–Kier alpha value is -0.680. The van der Waals surface area contributed by atoms with E-state index in [1.165, 1.54) is 0 Å². The lowest BCUT2D eigenvalue weighted by Crippen LogP contribution is -2.30. The fourth-order valence-electron chi connectivity index (χ4n) is 1.48. The number of anilines is 1. The van der Waals surface area contributed by atoms with E-state index in [9.17, 15) is 0 Å². The second kappa shape index (κ2) is 6.91. The van der Waals surface area contributed by atoms with Crippen molar-refractivity contribution < 1.29 is 4.74 Å². The average molecular weight is 257 g/mol. The number of hydrogen-bond donors (Lipinski definition) is 1. The molecule has 1 atom stereocenters. The van der Waals surface area contributed by atoms with Crippen LogP contribution in [-0.2, 0) is 11.2 Å². The minimum atomic E-state index is 0.292. The summed E-state index contributed by atoms with van der Waals surface area (Å²) in [6, 6.07) is 0.292. The molecule has 0 radical (unpaired) electrons. The van der Waals surface area contributed by atoms with E-state index in [2.05, 4.69) is 43.2 Å². The summed E-state index contributed by atoms with van der Waals surface area (Å²) in [6.45, 7) is 9.42. The SMILES string of the molecule is COCC(Nc1nnc(CC(C)C)s1)C(C)C. The number of rotatable bonds is 7. The Balaban J connectivity index is 2.57. The van der Waals surface area contributed by atoms with Crippen molar-refractivity contribution in [2.75, 3.05) is 19.0 Å². The maximum absolute atomic E-state index is 5.20. The molecule has 0 spiro atoms. The summed E-state index contributed by atoms with van der Waals surface area (Å²) in [4.78, 5) is 0. The van der Waals surface area contributed by atoms with E-state index in [0.29, 0.717) is 24.5 Å². The van der Waals surface area contributed by atoms with Gasteiger partial charge in [-0.15, -0.1) is 10.2 Å². The zero-order chi connectivity index (χ0) is 12.8. The predicted octanol–water partition coefficient (Wildman–Crippen LogP) is 2.82. The summed E-state index contributed by atoms with van der Waals surface area (Å²) < 4.78 is 5.20. The lowest BCUT2D eigenvalue weighted by molar-refractivity contribution is 0.171. The van der Waals surface area contributed by atoms with Gasteiger partial charge in [0.2, 0.25) is 5.13 Å². The molecule has 4 nitrogen and oxygen atoms in total. The van der Waals surface area contributed by atoms with Crippen molar-refractivity contribution >= 4 is 16.5 Å². The quantitative estimate of drug-likeness (QED) is 0.816. The van der Waals surface area contributed by atoms with Crippen molar-refractivity contribution in [2.24, 2.45) is 11.8 Å². The molecule has 5 heteroatoms. The minimum Gasteiger partial charge on any atom is -0.383 e. The molecule has 0 aromatic carbocycles. The second-order valence-corrected chi connectivity index (χ2v) is 6.11. The maximum Gasteiger partial charge on any atom is 0.205 e. The van der Waals surface area contributed by atoms with Crippen LogP contribution in [-0.4, -0.2) is 30.0 Å². The smallest absolute Gasteiger partial charge is 0.205 e. The first-order chi connectivity index (χ1) is 8.02. The van der Waals surface area contributed by atoms with Crippen molar-refractivity contribution in [1.29, 1.82) is 0 Å². The highest BCUT2D eigenvalue weighted by molar-refractivity contribution is 7.15. The maximum atomic E-state index is 5.20. The average Bonchev–Trinajstić information content (AvgIpc) is 2.63. The van der Waals surface area contributed by atoms with Gasteiger partial charge < -0.3 is 10.1 Å². The van der Waals surface area contributed by atoms with Crippen LogP contribution >= 0.6 is 11.3 Å². The first-order valence-corrected chi connectivity index (χ1v) is 6.92. The van der Waals surface area contributed by atoms with Crippen LogP contribution in [0.2, 0.25) is 0 Å². The number of methoxy groups -OCH3 is 1. The largest absolute Gasteiger partial charge is 0.383 e. The molecule has 0 fully saturated rings. The van der Waals surface area contributed by atoms with E-state index in [-0.39, 0.29) is 0 Å².